The van der Waals surface area contributed by atoms with Gasteiger partial charge in [-0.3, -0.25) is 9.58 Å². The van der Waals surface area contributed by atoms with Crippen LogP contribution in [-0.2, 0) is 11.8 Å². The average molecular weight is 387 g/mol. The Hall–Kier alpha value is -2.09. The number of aryl methyl sites for hydroxylation is 1. The van der Waals surface area contributed by atoms with E-state index in [1.165, 1.54) is 0 Å². The first-order valence-electron chi connectivity index (χ1n) is 9.35. The lowest BCUT2D eigenvalue weighted by Crippen LogP contribution is -2.59. The van der Waals surface area contributed by atoms with Crippen molar-refractivity contribution in [1.82, 2.24) is 24.5 Å². The highest BCUT2D eigenvalue weighted by Gasteiger charge is 2.33. The molecule has 4 heterocycles. The minimum Gasteiger partial charge on any atom is -0.378 e. The second-order valence-corrected chi connectivity index (χ2v) is 7.93. The summed E-state index contributed by atoms with van der Waals surface area (Å²) < 4.78 is 9.07. The van der Waals surface area contributed by atoms with Crippen LogP contribution in [0.1, 0.15) is 6.92 Å². The molecule has 2 fully saturated rings. The molecule has 1 atom stereocenters. The molecule has 2 saturated heterocycles. The van der Waals surface area contributed by atoms with E-state index in [0.29, 0.717) is 12.1 Å². The van der Waals surface area contributed by atoms with E-state index in [4.69, 9.17) is 16.3 Å². The van der Waals surface area contributed by atoms with Gasteiger partial charge in [-0.05, 0) is 19.1 Å². The van der Waals surface area contributed by atoms with Crippen LogP contribution in [0.5, 0.6) is 0 Å². The largest absolute Gasteiger partial charge is 0.378 e. The smallest absolute Gasteiger partial charge is 0.103 e. The molecule has 142 valence electrons. The molecule has 0 saturated carbocycles. The van der Waals surface area contributed by atoms with Crippen molar-refractivity contribution in [3.8, 4) is 5.69 Å². The van der Waals surface area contributed by atoms with Crippen LogP contribution in [0.2, 0.25) is 5.02 Å². The average Bonchev–Trinajstić information content (AvgIpc) is 3.18. The number of halogens is 1. The van der Waals surface area contributed by atoms with Crippen LogP contribution in [0.3, 0.4) is 0 Å². The number of anilines is 1. The van der Waals surface area contributed by atoms with Gasteiger partial charge in [0.05, 0.1) is 54.1 Å². The second kappa shape index (κ2) is 6.51. The predicted molar refractivity (Wildman–Crippen MR) is 106 cm³/mol. The summed E-state index contributed by atoms with van der Waals surface area (Å²) in [6.45, 7) is 7.03. The van der Waals surface area contributed by atoms with E-state index in [9.17, 15) is 0 Å². The highest BCUT2D eigenvalue weighted by atomic mass is 35.5. The van der Waals surface area contributed by atoms with E-state index in [0.717, 1.165) is 60.1 Å². The standard InChI is InChI=1S/C19H23ClN6O/c1-13-9-24(16-11-27-12-16)3-4-25(13)19-6-18-14(5-17(19)20)7-22-26(18)15-8-21-23(2)10-15/h5-8,10,13,16H,3-4,9,11-12H2,1-2H3/t13-/m1/s1. The van der Waals surface area contributed by atoms with E-state index in [1.54, 1.807) is 4.68 Å². The van der Waals surface area contributed by atoms with Crippen molar-refractivity contribution in [3.05, 3.63) is 35.7 Å². The molecule has 5 rings (SSSR count). The molecule has 2 aliphatic heterocycles. The Labute approximate surface area is 163 Å². The van der Waals surface area contributed by atoms with Crippen LogP contribution in [0.25, 0.3) is 16.6 Å². The van der Waals surface area contributed by atoms with E-state index in [2.05, 4.69) is 33.0 Å². The first-order chi connectivity index (χ1) is 13.1. The molecule has 0 aliphatic carbocycles. The van der Waals surface area contributed by atoms with Crippen LogP contribution in [0, 0.1) is 0 Å². The lowest BCUT2D eigenvalue weighted by molar-refractivity contribution is -0.0691. The summed E-state index contributed by atoms with van der Waals surface area (Å²) in [4.78, 5) is 4.95. The van der Waals surface area contributed by atoms with Gasteiger partial charge in [0.2, 0.25) is 0 Å². The summed E-state index contributed by atoms with van der Waals surface area (Å²) in [6, 6.07) is 5.16. The van der Waals surface area contributed by atoms with Gasteiger partial charge >= 0.3 is 0 Å². The van der Waals surface area contributed by atoms with Gasteiger partial charge < -0.3 is 9.64 Å². The van der Waals surface area contributed by atoms with Gasteiger partial charge in [-0.25, -0.2) is 4.68 Å². The Morgan fingerprint density at radius 3 is 2.67 bits per heavy atom. The van der Waals surface area contributed by atoms with Crippen molar-refractivity contribution in [2.45, 2.75) is 19.0 Å². The zero-order valence-corrected chi connectivity index (χ0v) is 16.3. The molecule has 2 aromatic heterocycles. The number of rotatable bonds is 3. The fourth-order valence-electron chi connectivity index (χ4n) is 4.09. The van der Waals surface area contributed by atoms with Crippen LogP contribution in [-0.4, -0.2) is 69.4 Å². The maximum absolute atomic E-state index is 6.67. The number of piperazine rings is 1. The molecule has 3 aromatic rings. The van der Waals surface area contributed by atoms with Crippen LogP contribution < -0.4 is 4.90 Å². The number of fused-ring (bicyclic) bond motifs is 1. The first kappa shape index (κ1) is 17.0. The van der Waals surface area contributed by atoms with Gasteiger partial charge in [-0.2, -0.15) is 10.2 Å². The minimum atomic E-state index is 0.393. The van der Waals surface area contributed by atoms with Gasteiger partial charge in [0.1, 0.15) is 5.69 Å². The van der Waals surface area contributed by atoms with E-state index in [1.807, 2.05) is 36.4 Å². The Kier molecular flexibility index (Phi) is 4.11. The van der Waals surface area contributed by atoms with E-state index in [-0.39, 0.29) is 0 Å². The van der Waals surface area contributed by atoms with Crippen molar-refractivity contribution < 1.29 is 4.74 Å². The molecule has 8 heteroatoms. The molecular formula is C19H23ClN6O. The number of ether oxygens (including phenoxy) is 1. The molecule has 0 N–H and O–H groups in total. The van der Waals surface area contributed by atoms with Crippen molar-refractivity contribution in [2.24, 2.45) is 7.05 Å². The van der Waals surface area contributed by atoms with Crippen molar-refractivity contribution in [1.29, 1.82) is 0 Å². The highest BCUT2D eigenvalue weighted by molar-refractivity contribution is 6.34. The summed E-state index contributed by atoms with van der Waals surface area (Å²) in [5, 5.41) is 10.6. The lowest BCUT2D eigenvalue weighted by Gasteiger charge is -2.46. The number of aromatic nitrogens is 4. The Morgan fingerprint density at radius 2 is 2.00 bits per heavy atom. The zero-order chi connectivity index (χ0) is 18.5. The maximum Gasteiger partial charge on any atom is 0.103 e. The van der Waals surface area contributed by atoms with Gasteiger partial charge in [-0.1, -0.05) is 11.6 Å². The van der Waals surface area contributed by atoms with Gasteiger partial charge in [0.25, 0.3) is 0 Å². The number of hydrogen-bond donors (Lipinski definition) is 0. The van der Waals surface area contributed by atoms with E-state index >= 15 is 0 Å². The van der Waals surface area contributed by atoms with Gasteiger partial charge in [0.15, 0.2) is 0 Å². The van der Waals surface area contributed by atoms with Gasteiger partial charge in [0, 0.05) is 38.1 Å². The molecule has 2 aliphatic rings. The van der Waals surface area contributed by atoms with Crippen LogP contribution >= 0.6 is 11.6 Å². The summed E-state index contributed by atoms with van der Waals surface area (Å²) in [5.74, 6) is 0. The molecule has 0 amide bonds. The monoisotopic (exact) mass is 386 g/mol. The molecule has 7 nitrogen and oxygen atoms in total. The number of nitrogens with zero attached hydrogens (tertiary/aromatic N) is 6. The Balaban J connectivity index is 1.48. The third-order valence-corrected chi connectivity index (χ3v) is 5.98. The predicted octanol–water partition coefficient (Wildman–Crippen LogP) is 2.32. The number of benzene rings is 1. The maximum atomic E-state index is 6.67. The second-order valence-electron chi connectivity index (χ2n) is 7.52. The molecule has 0 unspecified atom stereocenters. The fraction of sp³-hybridized carbons (Fsp3) is 0.474. The van der Waals surface area contributed by atoms with Crippen molar-refractivity contribution in [3.63, 3.8) is 0 Å². The van der Waals surface area contributed by atoms with Crippen LogP contribution in [0.4, 0.5) is 5.69 Å². The summed E-state index contributed by atoms with van der Waals surface area (Å²) in [6.07, 6.45) is 5.64. The van der Waals surface area contributed by atoms with Crippen molar-refractivity contribution in [2.75, 3.05) is 37.7 Å². The Morgan fingerprint density at radius 1 is 1.15 bits per heavy atom. The topological polar surface area (TPSA) is 51.4 Å². The lowest BCUT2D eigenvalue weighted by atomic mass is 10.1. The molecule has 0 spiro atoms. The van der Waals surface area contributed by atoms with E-state index < -0.39 is 0 Å². The zero-order valence-electron chi connectivity index (χ0n) is 15.5. The molecule has 0 bridgehead atoms. The molecular weight excluding hydrogens is 364 g/mol. The summed E-state index contributed by atoms with van der Waals surface area (Å²) >= 11 is 6.67. The summed E-state index contributed by atoms with van der Waals surface area (Å²) in [5.41, 5.74) is 3.07. The van der Waals surface area contributed by atoms with Crippen molar-refractivity contribution >= 4 is 28.2 Å². The third kappa shape index (κ3) is 2.90. The van der Waals surface area contributed by atoms with Gasteiger partial charge in [-0.15, -0.1) is 0 Å². The highest BCUT2D eigenvalue weighted by Crippen LogP contribution is 2.34. The van der Waals surface area contributed by atoms with Crippen LogP contribution in [0.15, 0.2) is 30.7 Å². The fourth-order valence-corrected chi connectivity index (χ4v) is 4.37. The minimum absolute atomic E-state index is 0.393. The summed E-state index contributed by atoms with van der Waals surface area (Å²) in [7, 11) is 1.91. The number of hydrogen-bond acceptors (Lipinski definition) is 5. The molecule has 27 heavy (non-hydrogen) atoms. The SMILES string of the molecule is C[C@@H]1CN(C2COC2)CCN1c1cc2c(cnn2-c2cnn(C)c2)cc1Cl. The first-order valence-corrected chi connectivity index (χ1v) is 9.72. The Bertz CT molecular complexity index is 978. The normalized spacial score (nSPS) is 21.7. The molecule has 1 aromatic carbocycles. The quantitative estimate of drug-likeness (QED) is 0.691. The molecule has 0 radical (unpaired) electrons. The third-order valence-electron chi connectivity index (χ3n) is 5.68.